The molecule has 0 bridgehead atoms. The van der Waals surface area contributed by atoms with Gasteiger partial charge in [0.1, 0.15) is 5.82 Å². The average Bonchev–Trinajstić information content (AvgIpc) is 3.07. The second-order valence-electron chi connectivity index (χ2n) is 6.40. The van der Waals surface area contributed by atoms with Crippen LogP contribution in [-0.4, -0.2) is 18.6 Å². The maximum atomic E-state index is 14.2. The highest BCUT2D eigenvalue weighted by Gasteiger charge is 2.27. The predicted molar refractivity (Wildman–Crippen MR) is 113 cm³/mol. The van der Waals surface area contributed by atoms with E-state index < -0.39 is 15.8 Å². The van der Waals surface area contributed by atoms with E-state index in [1.165, 1.54) is 21.8 Å². The highest BCUT2D eigenvalue weighted by atomic mass is 32.2. The van der Waals surface area contributed by atoms with Crippen molar-refractivity contribution in [2.45, 2.75) is 16.7 Å². The largest absolute Gasteiger partial charge is 0.268 e. The molecule has 6 heteroatoms. The molecule has 142 valence electrons. The topological polar surface area (TPSA) is 39.1 Å². The first-order valence-corrected chi connectivity index (χ1v) is 11.3. The van der Waals surface area contributed by atoms with Crippen molar-refractivity contribution in [3.8, 4) is 11.3 Å². The van der Waals surface area contributed by atoms with Gasteiger partial charge in [0.25, 0.3) is 10.0 Å². The maximum Gasteiger partial charge on any atom is 0.268 e. The predicted octanol–water partition coefficient (Wildman–Crippen LogP) is 5.71. The summed E-state index contributed by atoms with van der Waals surface area (Å²) in [4.78, 5) is 0.701. The van der Waals surface area contributed by atoms with Crippen molar-refractivity contribution < 1.29 is 14.2 Å². The van der Waals surface area contributed by atoms with Gasteiger partial charge in [0.15, 0.2) is 0 Å². The summed E-state index contributed by atoms with van der Waals surface area (Å²) in [5.41, 5.74) is 2.36. The molecule has 0 unspecified atom stereocenters. The molecule has 0 N–H and O–H groups in total. The Labute approximate surface area is 169 Å². The average molecular weight is 413 g/mol. The summed E-state index contributed by atoms with van der Waals surface area (Å²) < 4.78 is 51.1. The molecule has 1 aromatic heterocycles. The Hall–Kier alpha value is -2.57. The normalized spacial score (nSPS) is 12.3. The van der Waals surface area contributed by atoms with Crippen LogP contribution in [0.5, 0.6) is 0 Å². The molecule has 0 amide bonds. The molecule has 0 saturated heterocycles. The molecule has 1 heterocycles. The minimum atomic E-state index is -3.98. The van der Waals surface area contributed by atoms with E-state index in [0.29, 0.717) is 27.1 Å². The molecule has 0 saturated carbocycles. The fourth-order valence-corrected chi connectivity index (χ4v) is 5.60. The van der Waals surface area contributed by atoms with E-state index in [9.17, 15) is 12.8 Å². The summed E-state index contributed by atoms with van der Waals surface area (Å²) in [7, 11) is -3.98. The number of rotatable bonds is 4. The molecule has 0 fully saturated rings. The number of benzene rings is 3. The van der Waals surface area contributed by atoms with Crippen LogP contribution in [-0.2, 0) is 10.0 Å². The van der Waals surface area contributed by atoms with Crippen molar-refractivity contribution >= 4 is 32.7 Å². The Balaban J connectivity index is 2.18. The highest BCUT2D eigenvalue weighted by Crippen LogP contribution is 2.41. The Morgan fingerprint density at radius 3 is 2.32 bits per heavy atom. The SMILES string of the molecule is [2H]c1c(F)ccc2c1c(SC)c(-c1ccccc1)n2S(=O)(=O)c1ccc(C)cc1. The lowest BCUT2D eigenvalue weighted by molar-refractivity contribution is 0.589. The van der Waals surface area contributed by atoms with Crippen LogP contribution in [0.3, 0.4) is 0 Å². The zero-order chi connectivity index (χ0) is 20.8. The first-order chi connectivity index (χ1) is 13.9. The van der Waals surface area contributed by atoms with E-state index >= 15 is 0 Å². The molecule has 0 spiro atoms. The number of thioether (sulfide) groups is 1. The van der Waals surface area contributed by atoms with Crippen LogP contribution in [0.4, 0.5) is 4.39 Å². The second-order valence-corrected chi connectivity index (χ2v) is 9.00. The molecule has 3 nitrogen and oxygen atoms in total. The molecule has 0 aliphatic carbocycles. The highest BCUT2D eigenvalue weighted by molar-refractivity contribution is 7.99. The molecular formula is C22H18FNO2S2. The zero-order valence-corrected chi connectivity index (χ0v) is 16.9. The molecule has 3 aromatic carbocycles. The van der Waals surface area contributed by atoms with Crippen molar-refractivity contribution in [2.24, 2.45) is 0 Å². The van der Waals surface area contributed by atoms with E-state index in [-0.39, 0.29) is 10.9 Å². The molecule has 4 aromatic rings. The molecule has 0 atom stereocenters. The Kier molecular flexibility index (Phi) is 4.45. The minimum absolute atomic E-state index is 0.140. The molecule has 0 aliphatic rings. The Morgan fingerprint density at radius 2 is 1.68 bits per heavy atom. The lowest BCUT2D eigenvalue weighted by Gasteiger charge is -2.13. The Morgan fingerprint density at radius 1 is 1.00 bits per heavy atom. The minimum Gasteiger partial charge on any atom is -0.232 e. The van der Waals surface area contributed by atoms with Gasteiger partial charge in [-0.3, -0.25) is 0 Å². The number of fused-ring (bicyclic) bond motifs is 1. The fourth-order valence-electron chi connectivity index (χ4n) is 3.24. The number of hydrogen-bond acceptors (Lipinski definition) is 3. The van der Waals surface area contributed by atoms with Gasteiger partial charge in [-0.1, -0.05) is 48.0 Å². The van der Waals surface area contributed by atoms with Crippen molar-refractivity contribution in [1.82, 2.24) is 3.97 Å². The summed E-state index contributed by atoms with van der Waals surface area (Å²) in [5.74, 6) is -0.683. The third-order valence-corrected chi connectivity index (χ3v) is 7.10. The summed E-state index contributed by atoms with van der Waals surface area (Å²) in [6.07, 6.45) is 1.80. The van der Waals surface area contributed by atoms with Gasteiger partial charge < -0.3 is 0 Å². The number of halogens is 1. The quantitative estimate of drug-likeness (QED) is 0.403. The summed E-state index contributed by atoms with van der Waals surface area (Å²) in [5, 5.41) is 0.298. The van der Waals surface area contributed by atoms with E-state index in [2.05, 4.69) is 0 Å². The number of aryl methyl sites for hydroxylation is 1. The van der Waals surface area contributed by atoms with Crippen molar-refractivity contribution in [3.05, 3.63) is 84.2 Å². The van der Waals surface area contributed by atoms with Gasteiger partial charge in [0, 0.05) is 15.8 Å². The molecule has 28 heavy (non-hydrogen) atoms. The molecular weight excluding hydrogens is 393 g/mol. The smallest absolute Gasteiger partial charge is 0.232 e. The lowest BCUT2D eigenvalue weighted by Crippen LogP contribution is -2.14. The van der Waals surface area contributed by atoms with Crippen LogP contribution in [0, 0.1) is 12.7 Å². The van der Waals surface area contributed by atoms with Crippen molar-refractivity contribution in [3.63, 3.8) is 0 Å². The van der Waals surface area contributed by atoms with Crippen molar-refractivity contribution in [1.29, 1.82) is 0 Å². The van der Waals surface area contributed by atoms with Gasteiger partial charge in [-0.2, -0.15) is 0 Å². The maximum absolute atomic E-state index is 14.2. The van der Waals surface area contributed by atoms with Crippen LogP contribution < -0.4 is 0 Å². The summed E-state index contributed by atoms with van der Waals surface area (Å²) in [6, 6.07) is 18.0. The van der Waals surface area contributed by atoms with Crippen LogP contribution in [0.2, 0.25) is 0 Å². The first kappa shape index (κ1) is 17.5. The fraction of sp³-hybridized carbons (Fsp3) is 0.0909. The monoisotopic (exact) mass is 412 g/mol. The van der Waals surface area contributed by atoms with Gasteiger partial charge in [-0.15, -0.1) is 11.8 Å². The first-order valence-electron chi connectivity index (χ1n) is 9.11. The van der Waals surface area contributed by atoms with E-state index in [4.69, 9.17) is 1.37 Å². The van der Waals surface area contributed by atoms with Crippen LogP contribution >= 0.6 is 11.8 Å². The Bertz CT molecular complexity index is 1310. The zero-order valence-electron chi connectivity index (χ0n) is 16.3. The van der Waals surface area contributed by atoms with Gasteiger partial charge in [0.2, 0.25) is 0 Å². The van der Waals surface area contributed by atoms with Gasteiger partial charge in [0.05, 0.1) is 17.5 Å². The molecule has 0 aliphatic heterocycles. The number of aromatic nitrogens is 1. The van der Waals surface area contributed by atoms with Crippen LogP contribution in [0.15, 0.2) is 82.6 Å². The number of nitrogens with zero attached hydrogens (tertiary/aromatic N) is 1. The standard InChI is InChI=1S/C22H18FNO2S2/c1-15-8-11-18(12-9-15)28(25,26)24-20-13-10-17(23)14-19(20)22(27-2)21(24)16-6-4-3-5-7-16/h3-14H,1-2H3/i14D. The van der Waals surface area contributed by atoms with Gasteiger partial charge in [-0.05, 0) is 43.5 Å². The third kappa shape index (κ3) is 3.02. The van der Waals surface area contributed by atoms with E-state index in [0.717, 1.165) is 11.6 Å². The third-order valence-electron chi connectivity index (χ3n) is 4.56. The van der Waals surface area contributed by atoms with Crippen LogP contribution in [0.25, 0.3) is 22.2 Å². The van der Waals surface area contributed by atoms with E-state index in [1.807, 2.05) is 37.3 Å². The van der Waals surface area contributed by atoms with Crippen molar-refractivity contribution in [2.75, 3.05) is 6.26 Å². The van der Waals surface area contributed by atoms with Gasteiger partial charge >= 0.3 is 0 Å². The lowest BCUT2D eigenvalue weighted by atomic mass is 10.1. The second kappa shape index (κ2) is 7.11. The summed E-state index contributed by atoms with van der Waals surface area (Å²) in [6.45, 7) is 1.89. The van der Waals surface area contributed by atoms with Crippen LogP contribution in [0.1, 0.15) is 6.93 Å². The molecule has 4 rings (SSSR count). The van der Waals surface area contributed by atoms with Gasteiger partial charge in [-0.25, -0.2) is 16.8 Å². The number of hydrogen-bond donors (Lipinski definition) is 0. The van der Waals surface area contributed by atoms with E-state index in [1.54, 1.807) is 30.5 Å². The molecule has 0 radical (unpaired) electrons. The summed E-state index contributed by atoms with van der Waals surface area (Å²) >= 11 is 1.31.